The van der Waals surface area contributed by atoms with Crippen LogP contribution in [0, 0.1) is 18.6 Å². The number of thioether (sulfide) groups is 1. The lowest BCUT2D eigenvalue weighted by Gasteiger charge is -2.08. The smallest absolute Gasteiger partial charge is 0.255 e. The lowest BCUT2D eigenvalue weighted by Crippen LogP contribution is -2.20. The van der Waals surface area contributed by atoms with Crippen molar-refractivity contribution < 1.29 is 18.3 Å². The largest absolute Gasteiger partial charge is 0.497 e. The standard InChI is InChI=1S/C20H16F2N2O3S/c1-11-17(18(25)15-8-5-13(21)9-16(15)22)23-20(24-19(11)26)28-10-12-3-6-14(27-2)7-4-12/h3-9H,10H2,1-2H3,(H,23,24,26). The molecule has 2 aromatic carbocycles. The molecule has 0 saturated heterocycles. The van der Waals surface area contributed by atoms with E-state index in [1.54, 1.807) is 7.11 Å². The fourth-order valence-electron chi connectivity index (χ4n) is 2.48. The van der Waals surface area contributed by atoms with Crippen LogP contribution in [0.2, 0.25) is 0 Å². The van der Waals surface area contributed by atoms with E-state index in [4.69, 9.17) is 4.74 Å². The predicted octanol–water partition coefficient (Wildman–Crippen LogP) is 3.89. The number of H-pyrrole nitrogens is 1. The molecule has 5 nitrogen and oxygen atoms in total. The second-order valence-electron chi connectivity index (χ2n) is 5.93. The summed E-state index contributed by atoms with van der Waals surface area (Å²) in [5, 5.41) is 0.234. The van der Waals surface area contributed by atoms with Crippen LogP contribution < -0.4 is 10.3 Å². The molecule has 0 fully saturated rings. The molecule has 1 aromatic heterocycles. The SMILES string of the molecule is COc1ccc(CSc2nc(C(=O)c3ccc(F)cc3F)c(C)c(=O)[nH]2)cc1. The first-order chi connectivity index (χ1) is 13.4. The number of halogens is 2. The minimum absolute atomic E-state index is 0.0718. The molecule has 1 N–H and O–H groups in total. The molecular weight excluding hydrogens is 386 g/mol. The van der Waals surface area contributed by atoms with Gasteiger partial charge in [0.2, 0.25) is 5.78 Å². The zero-order chi connectivity index (χ0) is 20.3. The van der Waals surface area contributed by atoms with Gasteiger partial charge in [-0.2, -0.15) is 0 Å². The number of aromatic nitrogens is 2. The third kappa shape index (κ3) is 4.28. The molecule has 3 aromatic rings. The zero-order valence-corrected chi connectivity index (χ0v) is 15.9. The summed E-state index contributed by atoms with van der Waals surface area (Å²) in [7, 11) is 1.58. The Kier molecular flexibility index (Phi) is 5.89. The molecule has 0 aliphatic rings. The molecular formula is C20H16F2N2O3S. The van der Waals surface area contributed by atoms with Crippen LogP contribution in [-0.2, 0) is 5.75 Å². The number of aromatic amines is 1. The maximum atomic E-state index is 14.0. The number of nitrogens with zero attached hydrogens (tertiary/aromatic N) is 1. The van der Waals surface area contributed by atoms with Crippen molar-refractivity contribution in [3.8, 4) is 5.75 Å². The van der Waals surface area contributed by atoms with Crippen molar-refractivity contribution in [3.05, 3.63) is 86.8 Å². The van der Waals surface area contributed by atoms with E-state index in [-0.39, 0.29) is 22.0 Å². The van der Waals surface area contributed by atoms with Crippen molar-refractivity contribution >= 4 is 17.5 Å². The highest BCUT2D eigenvalue weighted by atomic mass is 32.2. The van der Waals surface area contributed by atoms with Crippen molar-refractivity contribution in [2.45, 2.75) is 17.8 Å². The highest BCUT2D eigenvalue weighted by Crippen LogP contribution is 2.22. The van der Waals surface area contributed by atoms with Gasteiger partial charge in [0.15, 0.2) is 5.16 Å². The lowest BCUT2D eigenvalue weighted by molar-refractivity contribution is 0.102. The Morgan fingerprint density at radius 1 is 1.18 bits per heavy atom. The van der Waals surface area contributed by atoms with Crippen LogP contribution in [0.25, 0.3) is 0 Å². The van der Waals surface area contributed by atoms with Crippen molar-refractivity contribution in [1.29, 1.82) is 0 Å². The van der Waals surface area contributed by atoms with Gasteiger partial charge in [0, 0.05) is 17.4 Å². The van der Waals surface area contributed by atoms with Gasteiger partial charge < -0.3 is 9.72 Å². The Morgan fingerprint density at radius 3 is 2.54 bits per heavy atom. The number of rotatable bonds is 6. The van der Waals surface area contributed by atoms with Gasteiger partial charge in [-0.25, -0.2) is 13.8 Å². The quantitative estimate of drug-likeness (QED) is 0.385. The maximum absolute atomic E-state index is 14.0. The van der Waals surface area contributed by atoms with Gasteiger partial charge in [0.25, 0.3) is 5.56 Å². The minimum atomic E-state index is -1.00. The van der Waals surface area contributed by atoms with Gasteiger partial charge in [0.05, 0.1) is 12.7 Å². The van der Waals surface area contributed by atoms with Crippen LogP contribution in [0.3, 0.4) is 0 Å². The van der Waals surface area contributed by atoms with Crippen LogP contribution >= 0.6 is 11.8 Å². The summed E-state index contributed by atoms with van der Waals surface area (Å²) in [6.07, 6.45) is 0. The molecule has 0 spiro atoms. The Hall–Kier alpha value is -3.00. The molecule has 0 bridgehead atoms. The number of ketones is 1. The Labute approximate surface area is 163 Å². The van der Waals surface area contributed by atoms with E-state index in [1.807, 2.05) is 24.3 Å². The van der Waals surface area contributed by atoms with Gasteiger partial charge >= 0.3 is 0 Å². The van der Waals surface area contributed by atoms with Crippen molar-refractivity contribution in [1.82, 2.24) is 9.97 Å². The summed E-state index contributed by atoms with van der Waals surface area (Å²) >= 11 is 1.23. The first-order valence-corrected chi connectivity index (χ1v) is 9.24. The van der Waals surface area contributed by atoms with E-state index in [9.17, 15) is 18.4 Å². The summed E-state index contributed by atoms with van der Waals surface area (Å²) in [6, 6.07) is 10.0. The average Bonchev–Trinajstić information content (AvgIpc) is 2.68. The molecule has 0 unspecified atom stereocenters. The third-order valence-electron chi connectivity index (χ3n) is 4.06. The Bertz CT molecular complexity index is 1080. The van der Waals surface area contributed by atoms with Gasteiger partial charge in [0.1, 0.15) is 23.1 Å². The predicted molar refractivity (Wildman–Crippen MR) is 102 cm³/mol. The minimum Gasteiger partial charge on any atom is -0.497 e. The third-order valence-corrected chi connectivity index (χ3v) is 5.00. The molecule has 28 heavy (non-hydrogen) atoms. The topological polar surface area (TPSA) is 72.0 Å². The fraction of sp³-hybridized carbons (Fsp3) is 0.150. The summed E-state index contributed by atoms with van der Waals surface area (Å²) in [5.41, 5.74) is 0.0484. The van der Waals surface area contributed by atoms with Crippen molar-refractivity contribution in [3.63, 3.8) is 0 Å². The van der Waals surface area contributed by atoms with Crippen LogP contribution in [0.4, 0.5) is 8.78 Å². The molecule has 0 saturated carbocycles. The number of carbonyl (C=O) groups excluding carboxylic acids is 1. The van der Waals surface area contributed by atoms with Gasteiger partial charge in [-0.15, -0.1) is 0 Å². The normalized spacial score (nSPS) is 10.7. The molecule has 3 rings (SSSR count). The molecule has 0 radical (unpaired) electrons. The number of benzene rings is 2. The highest BCUT2D eigenvalue weighted by Gasteiger charge is 2.20. The van der Waals surface area contributed by atoms with Crippen LogP contribution in [-0.4, -0.2) is 22.9 Å². The summed E-state index contributed by atoms with van der Waals surface area (Å²) in [6.45, 7) is 1.43. The molecule has 0 aliphatic carbocycles. The number of ether oxygens (including phenoxy) is 1. The molecule has 144 valence electrons. The monoisotopic (exact) mass is 402 g/mol. The van der Waals surface area contributed by atoms with Crippen molar-refractivity contribution in [2.75, 3.05) is 7.11 Å². The molecule has 0 atom stereocenters. The maximum Gasteiger partial charge on any atom is 0.255 e. The van der Waals surface area contributed by atoms with Crippen LogP contribution in [0.15, 0.2) is 52.4 Å². The molecule has 1 heterocycles. The van der Waals surface area contributed by atoms with Crippen LogP contribution in [0.1, 0.15) is 27.2 Å². The summed E-state index contributed by atoms with van der Waals surface area (Å²) in [4.78, 5) is 31.6. The Morgan fingerprint density at radius 2 is 1.89 bits per heavy atom. The van der Waals surface area contributed by atoms with Crippen molar-refractivity contribution in [2.24, 2.45) is 0 Å². The number of hydrogen-bond acceptors (Lipinski definition) is 5. The van der Waals surface area contributed by atoms with E-state index >= 15 is 0 Å². The second-order valence-corrected chi connectivity index (χ2v) is 6.90. The van der Waals surface area contributed by atoms with E-state index in [2.05, 4.69) is 9.97 Å². The second kappa shape index (κ2) is 8.35. The van der Waals surface area contributed by atoms with E-state index < -0.39 is 23.0 Å². The van der Waals surface area contributed by atoms with E-state index in [0.29, 0.717) is 11.8 Å². The fourth-order valence-corrected chi connectivity index (χ4v) is 3.29. The Balaban J connectivity index is 1.87. The van der Waals surface area contributed by atoms with E-state index in [0.717, 1.165) is 23.4 Å². The number of hydrogen-bond donors (Lipinski definition) is 1. The number of carbonyl (C=O) groups is 1. The molecule has 0 amide bonds. The number of nitrogens with one attached hydrogen (secondary N) is 1. The summed E-state index contributed by atoms with van der Waals surface area (Å²) < 4.78 is 32.2. The van der Waals surface area contributed by atoms with Gasteiger partial charge in [-0.3, -0.25) is 9.59 Å². The van der Waals surface area contributed by atoms with Gasteiger partial charge in [-0.05, 0) is 36.8 Å². The van der Waals surface area contributed by atoms with Crippen LogP contribution in [0.5, 0.6) is 5.75 Å². The van der Waals surface area contributed by atoms with Gasteiger partial charge in [-0.1, -0.05) is 23.9 Å². The first kappa shape index (κ1) is 19.8. The average molecular weight is 402 g/mol. The van der Waals surface area contributed by atoms with E-state index in [1.165, 1.54) is 18.7 Å². The lowest BCUT2D eigenvalue weighted by atomic mass is 10.0. The first-order valence-electron chi connectivity index (χ1n) is 8.25. The summed E-state index contributed by atoms with van der Waals surface area (Å²) in [5.74, 6) is -1.34. The molecule has 0 aliphatic heterocycles. The number of methoxy groups -OCH3 is 1. The highest BCUT2D eigenvalue weighted by molar-refractivity contribution is 7.98. The zero-order valence-electron chi connectivity index (χ0n) is 15.1. The molecule has 8 heteroatoms.